The zero-order valence-electron chi connectivity index (χ0n) is 11.8. The fraction of sp³-hybridized carbons (Fsp3) is 1.00. The maximum Gasteiger partial charge on any atom is 0.0710 e. The van der Waals surface area contributed by atoms with Crippen LogP contribution < -0.4 is 5.32 Å². The van der Waals surface area contributed by atoms with Gasteiger partial charge >= 0.3 is 0 Å². The van der Waals surface area contributed by atoms with Crippen molar-refractivity contribution in [3.63, 3.8) is 0 Å². The molecule has 17 heavy (non-hydrogen) atoms. The molecule has 1 saturated heterocycles. The number of hydrogen-bond acceptors (Lipinski definition) is 3. The predicted octanol–water partition coefficient (Wildman–Crippen LogP) is 1.87. The third-order valence-corrected chi connectivity index (χ3v) is 4.84. The Kier molecular flexibility index (Phi) is 4.11. The molecular formula is C14H28N2O. The molecule has 0 spiro atoms. The summed E-state index contributed by atoms with van der Waals surface area (Å²) in [6.07, 6.45) is 5.70. The molecule has 0 aromatic carbocycles. The molecule has 100 valence electrons. The van der Waals surface area contributed by atoms with Gasteiger partial charge in [-0.2, -0.15) is 0 Å². The Morgan fingerprint density at radius 1 is 1.29 bits per heavy atom. The highest BCUT2D eigenvalue weighted by atomic mass is 16.5. The van der Waals surface area contributed by atoms with Crippen molar-refractivity contribution >= 4 is 0 Å². The molecule has 0 radical (unpaired) electrons. The zero-order chi connectivity index (χ0) is 12.5. The van der Waals surface area contributed by atoms with Gasteiger partial charge in [0.15, 0.2) is 0 Å². The van der Waals surface area contributed by atoms with Crippen molar-refractivity contribution in [2.75, 3.05) is 27.2 Å². The molecule has 3 unspecified atom stereocenters. The Morgan fingerprint density at radius 2 is 2.06 bits per heavy atom. The van der Waals surface area contributed by atoms with Crippen molar-refractivity contribution < 1.29 is 4.74 Å². The van der Waals surface area contributed by atoms with E-state index in [0.717, 1.165) is 6.54 Å². The number of methoxy groups -OCH3 is 1. The minimum absolute atomic E-state index is 0.419. The fourth-order valence-electron chi connectivity index (χ4n) is 3.83. The van der Waals surface area contributed by atoms with Gasteiger partial charge in [0.05, 0.1) is 6.10 Å². The van der Waals surface area contributed by atoms with Crippen LogP contribution in [0, 0.1) is 5.41 Å². The van der Waals surface area contributed by atoms with E-state index >= 15 is 0 Å². The second kappa shape index (κ2) is 5.25. The maximum absolute atomic E-state index is 5.49. The molecular weight excluding hydrogens is 212 g/mol. The van der Waals surface area contributed by atoms with Crippen LogP contribution in [-0.4, -0.2) is 50.3 Å². The van der Waals surface area contributed by atoms with Crippen LogP contribution in [0.4, 0.5) is 0 Å². The lowest BCUT2D eigenvalue weighted by Gasteiger charge is -2.47. The summed E-state index contributed by atoms with van der Waals surface area (Å²) in [4.78, 5) is 2.65. The molecule has 0 bridgehead atoms. The van der Waals surface area contributed by atoms with Crippen molar-refractivity contribution in [3.05, 3.63) is 0 Å². The summed E-state index contributed by atoms with van der Waals surface area (Å²) in [5.41, 5.74) is 0.419. The standard InChI is InChI=1S/C14H28N2O/c1-14(2)8-5-6-12(13(14)15-3)16-9-7-11(10-16)17-4/h11-13,15H,5-10H2,1-4H3. The van der Waals surface area contributed by atoms with Gasteiger partial charge in [0, 0.05) is 32.3 Å². The highest BCUT2D eigenvalue weighted by Crippen LogP contribution is 2.38. The topological polar surface area (TPSA) is 24.5 Å². The summed E-state index contributed by atoms with van der Waals surface area (Å²) in [5.74, 6) is 0. The molecule has 0 aromatic rings. The molecule has 1 saturated carbocycles. The third kappa shape index (κ3) is 2.67. The number of likely N-dealkylation sites (tertiary alicyclic amines) is 1. The fourth-order valence-corrected chi connectivity index (χ4v) is 3.83. The van der Waals surface area contributed by atoms with E-state index < -0.39 is 0 Å². The third-order valence-electron chi connectivity index (χ3n) is 4.84. The molecule has 2 rings (SSSR count). The van der Waals surface area contributed by atoms with Gasteiger partial charge in [-0.05, 0) is 31.7 Å². The average Bonchev–Trinajstić information content (AvgIpc) is 2.75. The molecule has 3 atom stereocenters. The Morgan fingerprint density at radius 3 is 2.65 bits per heavy atom. The van der Waals surface area contributed by atoms with E-state index in [0.29, 0.717) is 23.6 Å². The first-order chi connectivity index (χ1) is 8.08. The smallest absolute Gasteiger partial charge is 0.0710 e. The molecule has 3 nitrogen and oxygen atoms in total. The van der Waals surface area contributed by atoms with Crippen LogP contribution in [0.2, 0.25) is 0 Å². The highest BCUT2D eigenvalue weighted by Gasteiger charge is 2.42. The SMILES string of the molecule is CNC1C(N2CCC(OC)C2)CCCC1(C)C. The Bertz CT molecular complexity index is 255. The maximum atomic E-state index is 5.49. The number of nitrogens with one attached hydrogen (secondary N) is 1. The lowest BCUT2D eigenvalue weighted by atomic mass is 9.70. The Hall–Kier alpha value is -0.120. The highest BCUT2D eigenvalue weighted by molar-refractivity contribution is 4.99. The predicted molar refractivity (Wildman–Crippen MR) is 71.3 cm³/mol. The molecule has 1 N–H and O–H groups in total. The van der Waals surface area contributed by atoms with Gasteiger partial charge in [0.25, 0.3) is 0 Å². The van der Waals surface area contributed by atoms with E-state index in [-0.39, 0.29) is 0 Å². The normalized spacial score (nSPS) is 38.5. The number of nitrogens with zero attached hydrogens (tertiary/aromatic N) is 1. The summed E-state index contributed by atoms with van der Waals surface area (Å²) in [6, 6.07) is 1.32. The van der Waals surface area contributed by atoms with Crippen molar-refractivity contribution in [1.82, 2.24) is 10.2 Å². The van der Waals surface area contributed by atoms with Crippen molar-refractivity contribution in [2.45, 2.75) is 57.7 Å². The number of rotatable bonds is 3. The molecule has 2 fully saturated rings. The molecule has 0 amide bonds. The summed E-state index contributed by atoms with van der Waals surface area (Å²) in [7, 11) is 3.96. The van der Waals surface area contributed by atoms with Crippen LogP contribution in [0.3, 0.4) is 0 Å². The van der Waals surface area contributed by atoms with Gasteiger partial charge in [-0.1, -0.05) is 20.3 Å². The van der Waals surface area contributed by atoms with E-state index in [2.05, 4.69) is 31.1 Å². The van der Waals surface area contributed by atoms with E-state index in [1.165, 1.54) is 32.2 Å². The van der Waals surface area contributed by atoms with Crippen LogP contribution in [-0.2, 0) is 4.74 Å². The molecule has 1 heterocycles. The van der Waals surface area contributed by atoms with Gasteiger partial charge in [0.1, 0.15) is 0 Å². The summed E-state index contributed by atoms with van der Waals surface area (Å²) >= 11 is 0. The van der Waals surface area contributed by atoms with E-state index in [1.54, 1.807) is 0 Å². The van der Waals surface area contributed by atoms with Crippen LogP contribution in [0.25, 0.3) is 0 Å². The van der Waals surface area contributed by atoms with Gasteiger partial charge < -0.3 is 10.1 Å². The molecule has 3 heteroatoms. The minimum atomic E-state index is 0.419. The van der Waals surface area contributed by atoms with Crippen LogP contribution in [0.1, 0.15) is 39.5 Å². The Balaban J connectivity index is 2.04. The van der Waals surface area contributed by atoms with Gasteiger partial charge in [0.2, 0.25) is 0 Å². The number of ether oxygens (including phenoxy) is 1. The van der Waals surface area contributed by atoms with E-state index in [4.69, 9.17) is 4.74 Å². The molecule has 2 aliphatic rings. The largest absolute Gasteiger partial charge is 0.380 e. The molecule has 1 aliphatic carbocycles. The van der Waals surface area contributed by atoms with Gasteiger partial charge in [-0.15, -0.1) is 0 Å². The first-order valence-corrected chi connectivity index (χ1v) is 7.02. The van der Waals surface area contributed by atoms with Crippen molar-refractivity contribution in [1.29, 1.82) is 0 Å². The van der Waals surface area contributed by atoms with Crippen LogP contribution in [0.15, 0.2) is 0 Å². The molecule has 1 aliphatic heterocycles. The first kappa shape index (κ1) is 13.3. The minimum Gasteiger partial charge on any atom is -0.380 e. The summed E-state index contributed by atoms with van der Waals surface area (Å²) in [6.45, 7) is 7.14. The Labute approximate surface area is 106 Å². The van der Waals surface area contributed by atoms with Crippen LogP contribution >= 0.6 is 0 Å². The monoisotopic (exact) mass is 240 g/mol. The number of likely N-dealkylation sites (N-methyl/N-ethyl adjacent to an activating group) is 1. The first-order valence-electron chi connectivity index (χ1n) is 7.02. The summed E-state index contributed by atoms with van der Waals surface area (Å²) in [5, 5.41) is 3.57. The van der Waals surface area contributed by atoms with Gasteiger partial charge in [-0.3, -0.25) is 4.90 Å². The second-order valence-corrected chi connectivity index (χ2v) is 6.36. The van der Waals surface area contributed by atoms with Crippen molar-refractivity contribution in [3.8, 4) is 0 Å². The zero-order valence-corrected chi connectivity index (χ0v) is 11.8. The molecule has 0 aromatic heterocycles. The van der Waals surface area contributed by atoms with E-state index in [9.17, 15) is 0 Å². The lowest BCUT2D eigenvalue weighted by molar-refractivity contribution is 0.0491. The lowest BCUT2D eigenvalue weighted by Crippen LogP contribution is -2.57. The van der Waals surface area contributed by atoms with Crippen LogP contribution in [0.5, 0.6) is 0 Å². The second-order valence-electron chi connectivity index (χ2n) is 6.36. The number of hydrogen-bond donors (Lipinski definition) is 1. The summed E-state index contributed by atoms with van der Waals surface area (Å²) < 4.78 is 5.49. The van der Waals surface area contributed by atoms with Gasteiger partial charge in [-0.25, -0.2) is 0 Å². The average molecular weight is 240 g/mol. The van der Waals surface area contributed by atoms with E-state index in [1.807, 2.05) is 7.11 Å². The van der Waals surface area contributed by atoms with Crippen molar-refractivity contribution in [2.24, 2.45) is 5.41 Å². The quantitative estimate of drug-likeness (QED) is 0.815.